The Hall–Kier alpha value is -0.610. The average molecular weight is 187 g/mol. The number of carbonyl (C=O) groups is 1. The molecule has 0 saturated heterocycles. The van der Waals surface area contributed by atoms with E-state index < -0.39 is 0 Å². The Kier molecular flexibility index (Phi) is 4.78. The van der Waals surface area contributed by atoms with Crippen LogP contribution in [0.25, 0.3) is 0 Å². The van der Waals surface area contributed by atoms with E-state index in [0.717, 1.165) is 12.8 Å². The van der Waals surface area contributed by atoms with Crippen molar-refractivity contribution in [3.63, 3.8) is 0 Å². The Bertz CT molecular complexity index is 155. The first-order chi connectivity index (χ1) is 6.33. The third-order valence-electron chi connectivity index (χ3n) is 2.26. The molecule has 0 radical (unpaired) electrons. The fourth-order valence-corrected chi connectivity index (χ4v) is 1.51. The van der Waals surface area contributed by atoms with Crippen LogP contribution in [0.3, 0.4) is 0 Å². The van der Waals surface area contributed by atoms with Crippen LogP contribution in [0.2, 0.25) is 0 Å². The minimum atomic E-state index is -0.381. The summed E-state index contributed by atoms with van der Waals surface area (Å²) in [6.45, 7) is -0.148. The summed E-state index contributed by atoms with van der Waals surface area (Å²) in [6.07, 6.45) is 5.91. The SMILES string of the molecule is O=C(CCO)ONC1CCCCC1. The number of hydroxylamine groups is 1. The molecule has 0 atom stereocenters. The fraction of sp³-hybridized carbons (Fsp3) is 0.889. The lowest BCUT2D eigenvalue weighted by Crippen LogP contribution is -2.33. The normalized spacial score (nSPS) is 18.5. The predicted octanol–water partition coefficient (Wildman–Crippen LogP) is 0.749. The number of carbonyl (C=O) groups excluding carboxylic acids is 1. The van der Waals surface area contributed by atoms with Gasteiger partial charge in [-0.15, -0.1) is 0 Å². The van der Waals surface area contributed by atoms with Gasteiger partial charge in [-0.05, 0) is 12.8 Å². The monoisotopic (exact) mass is 187 g/mol. The highest BCUT2D eigenvalue weighted by atomic mass is 16.7. The van der Waals surface area contributed by atoms with Gasteiger partial charge in [-0.3, -0.25) is 4.79 Å². The summed E-state index contributed by atoms with van der Waals surface area (Å²) in [5.41, 5.74) is 2.75. The molecule has 4 nitrogen and oxygen atoms in total. The second-order valence-electron chi connectivity index (χ2n) is 3.40. The van der Waals surface area contributed by atoms with E-state index in [2.05, 4.69) is 5.48 Å². The first kappa shape index (κ1) is 10.5. The first-order valence-electron chi connectivity index (χ1n) is 4.89. The Balaban J connectivity index is 2.06. The molecule has 0 bridgehead atoms. The van der Waals surface area contributed by atoms with Crippen molar-refractivity contribution in [1.29, 1.82) is 0 Å². The summed E-state index contributed by atoms with van der Waals surface area (Å²) in [5.74, 6) is -0.381. The van der Waals surface area contributed by atoms with Gasteiger partial charge in [0.2, 0.25) is 0 Å². The molecule has 1 aliphatic rings. The summed E-state index contributed by atoms with van der Waals surface area (Å²) < 4.78 is 0. The minimum Gasteiger partial charge on any atom is -0.396 e. The number of rotatable bonds is 4. The molecule has 0 aliphatic heterocycles. The van der Waals surface area contributed by atoms with E-state index in [0.29, 0.717) is 6.04 Å². The Morgan fingerprint density at radius 2 is 2.08 bits per heavy atom. The van der Waals surface area contributed by atoms with Crippen molar-refractivity contribution in [2.24, 2.45) is 0 Å². The molecule has 1 aliphatic carbocycles. The topological polar surface area (TPSA) is 58.6 Å². The second kappa shape index (κ2) is 5.94. The molecule has 0 amide bonds. The van der Waals surface area contributed by atoms with E-state index in [1.807, 2.05) is 0 Å². The molecule has 0 spiro atoms. The zero-order valence-electron chi connectivity index (χ0n) is 7.79. The third-order valence-corrected chi connectivity index (χ3v) is 2.26. The fourth-order valence-electron chi connectivity index (χ4n) is 1.51. The van der Waals surface area contributed by atoms with Gasteiger partial charge in [0.05, 0.1) is 13.0 Å². The maximum atomic E-state index is 10.8. The molecule has 0 aromatic heterocycles. The van der Waals surface area contributed by atoms with Crippen molar-refractivity contribution in [2.75, 3.05) is 6.61 Å². The quantitative estimate of drug-likeness (QED) is 0.638. The van der Waals surface area contributed by atoms with Gasteiger partial charge < -0.3 is 9.94 Å². The summed E-state index contributed by atoms with van der Waals surface area (Å²) in [4.78, 5) is 15.6. The van der Waals surface area contributed by atoms with E-state index in [4.69, 9.17) is 9.94 Å². The average Bonchev–Trinajstić information content (AvgIpc) is 2.17. The number of hydrogen-bond donors (Lipinski definition) is 2. The van der Waals surface area contributed by atoms with Crippen molar-refractivity contribution < 1.29 is 14.7 Å². The molecule has 0 aromatic carbocycles. The van der Waals surface area contributed by atoms with Crippen molar-refractivity contribution in [3.05, 3.63) is 0 Å². The molecule has 0 aromatic rings. The van der Waals surface area contributed by atoms with Crippen LogP contribution in [0.15, 0.2) is 0 Å². The van der Waals surface area contributed by atoms with Crippen molar-refractivity contribution >= 4 is 5.97 Å². The first-order valence-corrected chi connectivity index (χ1v) is 4.89. The number of aliphatic hydroxyl groups excluding tert-OH is 1. The van der Waals surface area contributed by atoms with Crippen LogP contribution >= 0.6 is 0 Å². The smallest absolute Gasteiger partial charge is 0.327 e. The van der Waals surface area contributed by atoms with Crippen molar-refractivity contribution in [1.82, 2.24) is 5.48 Å². The lowest BCUT2D eigenvalue weighted by molar-refractivity contribution is -0.154. The van der Waals surface area contributed by atoms with Gasteiger partial charge >= 0.3 is 5.97 Å². The summed E-state index contributed by atoms with van der Waals surface area (Å²) in [7, 11) is 0. The third kappa shape index (κ3) is 4.24. The highest BCUT2D eigenvalue weighted by molar-refractivity contribution is 5.69. The van der Waals surface area contributed by atoms with Crippen LogP contribution in [0.4, 0.5) is 0 Å². The summed E-state index contributed by atoms with van der Waals surface area (Å²) >= 11 is 0. The van der Waals surface area contributed by atoms with Gasteiger partial charge in [0.15, 0.2) is 0 Å². The number of nitrogens with one attached hydrogen (secondary N) is 1. The zero-order valence-corrected chi connectivity index (χ0v) is 7.79. The minimum absolute atomic E-state index is 0.0692. The standard InChI is InChI=1S/C9H17NO3/c11-7-6-9(12)13-10-8-4-2-1-3-5-8/h8,10-11H,1-7H2. The van der Waals surface area contributed by atoms with Crippen LogP contribution in [0.1, 0.15) is 38.5 Å². The Morgan fingerprint density at radius 1 is 1.38 bits per heavy atom. The Labute approximate surface area is 78.2 Å². The molecule has 1 saturated carbocycles. The van der Waals surface area contributed by atoms with Crippen LogP contribution in [0.5, 0.6) is 0 Å². The molecule has 0 unspecified atom stereocenters. The second-order valence-corrected chi connectivity index (χ2v) is 3.40. The molecule has 2 N–H and O–H groups in total. The van der Waals surface area contributed by atoms with Crippen molar-refractivity contribution in [3.8, 4) is 0 Å². The summed E-state index contributed by atoms with van der Waals surface area (Å²) in [6, 6.07) is 0.316. The maximum absolute atomic E-state index is 10.8. The molecule has 1 fully saturated rings. The van der Waals surface area contributed by atoms with E-state index in [1.165, 1.54) is 19.3 Å². The number of aliphatic hydroxyl groups is 1. The molecular weight excluding hydrogens is 170 g/mol. The van der Waals surface area contributed by atoms with Crippen molar-refractivity contribution in [2.45, 2.75) is 44.6 Å². The van der Waals surface area contributed by atoms with Gasteiger partial charge in [0.1, 0.15) is 0 Å². The van der Waals surface area contributed by atoms with Crippen LogP contribution in [0, 0.1) is 0 Å². The maximum Gasteiger partial charge on any atom is 0.327 e. The largest absolute Gasteiger partial charge is 0.396 e. The predicted molar refractivity (Wildman–Crippen MR) is 47.8 cm³/mol. The van der Waals surface area contributed by atoms with Gasteiger partial charge in [-0.1, -0.05) is 19.3 Å². The van der Waals surface area contributed by atoms with Gasteiger partial charge in [-0.2, -0.15) is 5.48 Å². The molecule has 4 heteroatoms. The lowest BCUT2D eigenvalue weighted by Gasteiger charge is -2.21. The zero-order chi connectivity index (χ0) is 9.52. The molecular formula is C9H17NO3. The lowest BCUT2D eigenvalue weighted by atomic mass is 9.96. The molecule has 13 heavy (non-hydrogen) atoms. The molecule has 0 heterocycles. The van der Waals surface area contributed by atoms with E-state index in [1.54, 1.807) is 0 Å². The van der Waals surface area contributed by atoms with E-state index >= 15 is 0 Å². The van der Waals surface area contributed by atoms with Gasteiger partial charge in [-0.25, -0.2) is 0 Å². The van der Waals surface area contributed by atoms with Gasteiger partial charge in [0.25, 0.3) is 0 Å². The van der Waals surface area contributed by atoms with E-state index in [9.17, 15) is 4.79 Å². The van der Waals surface area contributed by atoms with Crippen LogP contribution < -0.4 is 5.48 Å². The van der Waals surface area contributed by atoms with Gasteiger partial charge in [0, 0.05) is 6.04 Å². The summed E-state index contributed by atoms with van der Waals surface area (Å²) in [5, 5.41) is 8.45. The highest BCUT2D eigenvalue weighted by Gasteiger charge is 2.14. The number of hydrogen-bond acceptors (Lipinski definition) is 4. The molecule has 1 rings (SSSR count). The highest BCUT2D eigenvalue weighted by Crippen LogP contribution is 2.17. The van der Waals surface area contributed by atoms with Crippen LogP contribution in [-0.4, -0.2) is 23.7 Å². The molecule has 76 valence electrons. The Morgan fingerprint density at radius 3 is 2.69 bits per heavy atom. The van der Waals surface area contributed by atoms with Crippen LogP contribution in [-0.2, 0) is 9.63 Å². The van der Waals surface area contributed by atoms with E-state index in [-0.39, 0.29) is 19.0 Å².